The Balaban J connectivity index is 1.37. The predicted molar refractivity (Wildman–Crippen MR) is 110 cm³/mol. The minimum absolute atomic E-state index is 0.0676. The van der Waals surface area contributed by atoms with Crippen LogP contribution in [0, 0.1) is 11.8 Å². The molecular weight excluding hydrogens is 350 g/mol. The lowest BCUT2D eigenvalue weighted by Crippen LogP contribution is -2.47. The van der Waals surface area contributed by atoms with Crippen molar-refractivity contribution in [1.29, 1.82) is 0 Å². The largest absolute Gasteiger partial charge is 0.349 e. The van der Waals surface area contributed by atoms with Crippen molar-refractivity contribution in [3.05, 3.63) is 66.2 Å². The van der Waals surface area contributed by atoms with Crippen molar-refractivity contribution in [2.24, 2.45) is 11.8 Å². The van der Waals surface area contributed by atoms with E-state index in [1.165, 1.54) is 5.56 Å². The van der Waals surface area contributed by atoms with E-state index in [-0.39, 0.29) is 23.9 Å². The average Bonchev–Trinajstić information content (AvgIpc) is 3.58. The number of amides is 3. The first-order chi connectivity index (χ1) is 13.7. The topological polar surface area (TPSA) is 61.4 Å². The van der Waals surface area contributed by atoms with Crippen LogP contribution in [0.2, 0.25) is 0 Å². The van der Waals surface area contributed by atoms with Gasteiger partial charge in [-0.3, -0.25) is 4.79 Å². The van der Waals surface area contributed by atoms with Crippen molar-refractivity contribution in [3.63, 3.8) is 0 Å². The van der Waals surface area contributed by atoms with Crippen LogP contribution in [0.4, 0.5) is 10.5 Å². The minimum Gasteiger partial charge on any atom is -0.349 e. The summed E-state index contributed by atoms with van der Waals surface area (Å²) in [5.74, 6) is 0.450. The fourth-order valence-corrected chi connectivity index (χ4v) is 3.93. The van der Waals surface area contributed by atoms with Crippen LogP contribution >= 0.6 is 0 Å². The molecule has 1 saturated heterocycles. The van der Waals surface area contributed by atoms with Crippen molar-refractivity contribution in [3.8, 4) is 0 Å². The molecule has 0 aromatic heterocycles. The van der Waals surface area contributed by atoms with Gasteiger partial charge in [-0.15, -0.1) is 0 Å². The molecular formula is C23H27N3O2. The highest BCUT2D eigenvalue weighted by Crippen LogP contribution is 2.41. The Bertz CT molecular complexity index is 805. The number of benzene rings is 2. The fraction of sp³-hybridized carbons (Fsp3) is 0.391. The van der Waals surface area contributed by atoms with Crippen molar-refractivity contribution >= 4 is 17.6 Å². The Labute approximate surface area is 166 Å². The number of carbonyl (C=O) groups excluding carboxylic acids is 2. The summed E-state index contributed by atoms with van der Waals surface area (Å²) in [7, 11) is 0. The van der Waals surface area contributed by atoms with Crippen LogP contribution in [0.25, 0.3) is 0 Å². The number of hydrogen-bond donors (Lipinski definition) is 2. The summed E-state index contributed by atoms with van der Waals surface area (Å²) in [5, 5.41) is 6.20. The van der Waals surface area contributed by atoms with Crippen LogP contribution in [-0.2, 0) is 4.79 Å². The van der Waals surface area contributed by atoms with Gasteiger partial charge in [-0.1, -0.05) is 48.5 Å². The maximum Gasteiger partial charge on any atom is 0.321 e. The lowest BCUT2D eigenvalue weighted by atomic mass is 9.95. The Hall–Kier alpha value is -2.82. The molecule has 146 valence electrons. The molecule has 2 atom stereocenters. The number of carbonyl (C=O) groups is 2. The Morgan fingerprint density at radius 2 is 1.61 bits per heavy atom. The quantitative estimate of drug-likeness (QED) is 0.820. The van der Waals surface area contributed by atoms with E-state index in [9.17, 15) is 9.59 Å². The molecule has 0 bridgehead atoms. The summed E-state index contributed by atoms with van der Waals surface area (Å²) in [6.45, 7) is 1.16. The lowest BCUT2D eigenvalue weighted by molar-refractivity contribution is -0.127. The lowest BCUT2D eigenvalue weighted by Gasteiger charge is -2.33. The number of anilines is 1. The van der Waals surface area contributed by atoms with E-state index in [1.807, 2.05) is 48.5 Å². The van der Waals surface area contributed by atoms with Crippen molar-refractivity contribution in [1.82, 2.24) is 10.2 Å². The molecule has 0 spiro atoms. The van der Waals surface area contributed by atoms with Gasteiger partial charge >= 0.3 is 6.03 Å². The van der Waals surface area contributed by atoms with Crippen LogP contribution in [0.5, 0.6) is 0 Å². The Morgan fingerprint density at radius 3 is 2.29 bits per heavy atom. The summed E-state index contributed by atoms with van der Waals surface area (Å²) in [6.07, 6.45) is 4.00. The number of nitrogens with zero attached hydrogens (tertiary/aromatic N) is 1. The molecule has 28 heavy (non-hydrogen) atoms. The minimum atomic E-state index is -0.153. The van der Waals surface area contributed by atoms with E-state index in [0.717, 1.165) is 31.4 Å². The molecule has 3 amide bonds. The first-order valence-corrected chi connectivity index (χ1v) is 10.2. The molecule has 5 nitrogen and oxygen atoms in total. The summed E-state index contributed by atoms with van der Waals surface area (Å²) in [5.41, 5.74) is 1.95. The number of hydrogen-bond acceptors (Lipinski definition) is 2. The second-order valence-electron chi connectivity index (χ2n) is 7.82. The van der Waals surface area contributed by atoms with Gasteiger partial charge < -0.3 is 15.5 Å². The van der Waals surface area contributed by atoms with Gasteiger partial charge in [-0.2, -0.15) is 0 Å². The fourth-order valence-electron chi connectivity index (χ4n) is 3.93. The maximum absolute atomic E-state index is 13.0. The number of likely N-dealkylation sites (tertiary alicyclic amines) is 1. The number of para-hydroxylation sites is 1. The molecule has 1 heterocycles. The van der Waals surface area contributed by atoms with E-state index < -0.39 is 0 Å². The van der Waals surface area contributed by atoms with Crippen LogP contribution in [0.3, 0.4) is 0 Å². The molecule has 1 saturated carbocycles. The predicted octanol–water partition coefficient (Wildman–Crippen LogP) is 4.20. The van der Waals surface area contributed by atoms with Crippen LogP contribution in [0.1, 0.15) is 37.3 Å². The molecule has 1 aliphatic carbocycles. The second-order valence-corrected chi connectivity index (χ2v) is 7.82. The van der Waals surface area contributed by atoms with Gasteiger partial charge in [-0.25, -0.2) is 4.79 Å². The summed E-state index contributed by atoms with van der Waals surface area (Å²) in [6, 6.07) is 19.6. The van der Waals surface area contributed by atoms with Gasteiger partial charge in [0.1, 0.15) is 0 Å². The molecule has 0 radical (unpaired) electrons. The van der Waals surface area contributed by atoms with E-state index in [1.54, 1.807) is 4.90 Å². The highest BCUT2D eigenvalue weighted by atomic mass is 16.2. The normalized spacial score (nSPS) is 20.3. The van der Waals surface area contributed by atoms with Gasteiger partial charge in [-0.05, 0) is 49.3 Å². The van der Waals surface area contributed by atoms with Gasteiger partial charge in [0, 0.05) is 18.8 Å². The van der Waals surface area contributed by atoms with Gasteiger partial charge in [0.2, 0.25) is 5.91 Å². The van der Waals surface area contributed by atoms with Crippen LogP contribution < -0.4 is 10.6 Å². The summed E-state index contributed by atoms with van der Waals surface area (Å²) < 4.78 is 0. The number of piperidine rings is 1. The number of urea groups is 1. The van der Waals surface area contributed by atoms with Crippen LogP contribution in [-0.4, -0.2) is 29.9 Å². The number of rotatable bonds is 5. The van der Waals surface area contributed by atoms with Gasteiger partial charge in [0.05, 0.1) is 12.0 Å². The monoisotopic (exact) mass is 377 g/mol. The molecule has 2 aliphatic rings. The SMILES string of the molecule is O=C(NC(c1ccccc1)C1CC1)C1CCCN(C(=O)Nc2ccccc2)C1. The zero-order valence-corrected chi connectivity index (χ0v) is 16.0. The molecule has 4 rings (SSSR count). The van der Waals surface area contributed by atoms with E-state index >= 15 is 0 Å². The van der Waals surface area contributed by atoms with Crippen molar-refractivity contribution in [2.45, 2.75) is 31.7 Å². The third kappa shape index (κ3) is 4.53. The molecule has 2 aromatic carbocycles. The molecule has 2 fully saturated rings. The Kier molecular flexibility index (Phi) is 5.60. The van der Waals surface area contributed by atoms with Crippen molar-refractivity contribution < 1.29 is 9.59 Å². The highest BCUT2D eigenvalue weighted by molar-refractivity contribution is 5.90. The van der Waals surface area contributed by atoms with E-state index in [2.05, 4.69) is 22.8 Å². The maximum atomic E-state index is 13.0. The molecule has 5 heteroatoms. The molecule has 2 unspecified atom stereocenters. The standard InChI is InChI=1S/C23H27N3O2/c27-22(25-21(18-13-14-18)17-8-3-1-4-9-17)19-10-7-15-26(16-19)23(28)24-20-11-5-2-6-12-20/h1-6,8-9,11-12,18-19,21H,7,10,13-16H2,(H,24,28)(H,25,27). The zero-order valence-electron chi connectivity index (χ0n) is 16.0. The smallest absolute Gasteiger partial charge is 0.321 e. The number of nitrogens with one attached hydrogen (secondary N) is 2. The van der Waals surface area contributed by atoms with Gasteiger partial charge in [0.15, 0.2) is 0 Å². The molecule has 2 N–H and O–H groups in total. The first-order valence-electron chi connectivity index (χ1n) is 10.2. The zero-order chi connectivity index (χ0) is 19.3. The van der Waals surface area contributed by atoms with Crippen LogP contribution in [0.15, 0.2) is 60.7 Å². The second kappa shape index (κ2) is 8.46. The van der Waals surface area contributed by atoms with E-state index in [4.69, 9.17) is 0 Å². The molecule has 1 aliphatic heterocycles. The average molecular weight is 377 g/mol. The summed E-state index contributed by atoms with van der Waals surface area (Å²) in [4.78, 5) is 27.3. The van der Waals surface area contributed by atoms with Gasteiger partial charge in [0.25, 0.3) is 0 Å². The molecule has 2 aromatic rings. The van der Waals surface area contributed by atoms with Crippen molar-refractivity contribution in [2.75, 3.05) is 18.4 Å². The first kappa shape index (κ1) is 18.5. The summed E-state index contributed by atoms with van der Waals surface area (Å²) >= 11 is 0. The Morgan fingerprint density at radius 1 is 0.929 bits per heavy atom. The highest BCUT2D eigenvalue weighted by Gasteiger charge is 2.36. The third-order valence-corrected chi connectivity index (χ3v) is 5.65. The van der Waals surface area contributed by atoms with E-state index in [0.29, 0.717) is 19.0 Å². The third-order valence-electron chi connectivity index (χ3n) is 5.65.